The van der Waals surface area contributed by atoms with E-state index in [0.717, 1.165) is 32.2 Å². The number of carbonyl (C=O) groups excluding carboxylic acids is 1. The summed E-state index contributed by atoms with van der Waals surface area (Å²) in [7, 11) is 1.99. The molecule has 0 unspecified atom stereocenters. The van der Waals surface area contributed by atoms with Gasteiger partial charge in [-0.3, -0.25) is 4.79 Å². The Balaban J connectivity index is 1.67. The van der Waals surface area contributed by atoms with E-state index in [9.17, 15) is 4.79 Å². The number of rotatable bonds is 7. The Morgan fingerprint density at radius 1 is 1.14 bits per heavy atom. The second kappa shape index (κ2) is 8.18. The minimum absolute atomic E-state index is 0.0434. The molecule has 0 aliphatic heterocycles. The Labute approximate surface area is 128 Å². The van der Waals surface area contributed by atoms with Gasteiger partial charge < -0.3 is 10.6 Å². The molecule has 1 aromatic rings. The van der Waals surface area contributed by atoms with Crippen LogP contribution in [0.1, 0.15) is 50.5 Å². The summed E-state index contributed by atoms with van der Waals surface area (Å²) in [5, 5.41) is 6.48. The molecule has 1 saturated carbocycles. The van der Waals surface area contributed by atoms with Gasteiger partial charge in [0.1, 0.15) is 0 Å². The molecule has 1 aromatic carbocycles. The number of hydrogen-bond acceptors (Lipinski definition) is 2. The lowest BCUT2D eigenvalue weighted by atomic mass is 9.79. The molecule has 1 amide bonds. The predicted molar refractivity (Wildman–Crippen MR) is 87.3 cm³/mol. The maximum atomic E-state index is 12.1. The Morgan fingerprint density at radius 2 is 1.86 bits per heavy atom. The second-order valence-corrected chi connectivity index (χ2v) is 6.21. The Hall–Kier alpha value is -1.35. The van der Waals surface area contributed by atoms with E-state index in [-0.39, 0.29) is 11.4 Å². The lowest BCUT2D eigenvalue weighted by Gasteiger charge is -2.36. The SMILES string of the molecule is CNC1(CC(=O)NCCCc2ccccc2)CCCCC1. The van der Waals surface area contributed by atoms with Crippen molar-refractivity contribution in [3.8, 4) is 0 Å². The van der Waals surface area contributed by atoms with Crippen molar-refractivity contribution in [2.45, 2.75) is 56.9 Å². The van der Waals surface area contributed by atoms with Gasteiger partial charge in [0.15, 0.2) is 0 Å². The first kappa shape index (κ1) is 16.0. The van der Waals surface area contributed by atoms with Crippen LogP contribution in [0.3, 0.4) is 0 Å². The van der Waals surface area contributed by atoms with Crippen LogP contribution in [0.25, 0.3) is 0 Å². The van der Waals surface area contributed by atoms with Gasteiger partial charge >= 0.3 is 0 Å². The van der Waals surface area contributed by atoms with Crippen LogP contribution in [0.4, 0.5) is 0 Å². The molecule has 0 radical (unpaired) electrons. The highest BCUT2D eigenvalue weighted by Crippen LogP contribution is 2.30. The molecule has 0 heterocycles. The third kappa shape index (κ3) is 5.16. The van der Waals surface area contributed by atoms with Crippen LogP contribution in [0, 0.1) is 0 Å². The first-order valence-electron chi connectivity index (χ1n) is 8.24. The van der Waals surface area contributed by atoms with Crippen LogP contribution in [0.2, 0.25) is 0 Å². The zero-order valence-corrected chi connectivity index (χ0v) is 13.2. The van der Waals surface area contributed by atoms with Crippen molar-refractivity contribution < 1.29 is 4.79 Å². The highest BCUT2D eigenvalue weighted by Gasteiger charge is 2.32. The zero-order valence-electron chi connectivity index (χ0n) is 13.2. The van der Waals surface area contributed by atoms with Crippen LogP contribution in [-0.4, -0.2) is 25.0 Å². The quantitative estimate of drug-likeness (QED) is 0.757. The first-order valence-corrected chi connectivity index (χ1v) is 8.24. The maximum absolute atomic E-state index is 12.1. The van der Waals surface area contributed by atoms with Gasteiger partial charge in [-0.2, -0.15) is 0 Å². The number of aryl methyl sites for hydroxylation is 1. The summed E-state index contributed by atoms with van der Waals surface area (Å²) in [6.07, 6.45) is 8.68. The van der Waals surface area contributed by atoms with Gasteiger partial charge in [0.05, 0.1) is 0 Å². The lowest BCUT2D eigenvalue weighted by molar-refractivity contribution is -0.122. The third-order valence-corrected chi connectivity index (χ3v) is 4.65. The number of carbonyl (C=O) groups is 1. The normalized spacial score (nSPS) is 17.4. The van der Waals surface area contributed by atoms with Crippen molar-refractivity contribution in [2.75, 3.05) is 13.6 Å². The zero-order chi connectivity index (χ0) is 15.0. The van der Waals surface area contributed by atoms with Crippen LogP contribution >= 0.6 is 0 Å². The average Bonchev–Trinajstić information content (AvgIpc) is 2.53. The van der Waals surface area contributed by atoms with E-state index in [4.69, 9.17) is 0 Å². The first-order chi connectivity index (χ1) is 10.2. The summed E-state index contributed by atoms with van der Waals surface area (Å²) in [6.45, 7) is 0.771. The molecule has 116 valence electrons. The van der Waals surface area contributed by atoms with Crippen LogP contribution in [-0.2, 0) is 11.2 Å². The smallest absolute Gasteiger partial charge is 0.221 e. The van der Waals surface area contributed by atoms with E-state index < -0.39 is 0 Å². The van der Waals surface area contributed by atoms with Crippen LogP contribution in [0.15, 0.2) is 30.3 Å². The highest BCUT2D eigenvalue weighted by atomic mass is 16.1. The molecular formula is C18H28N2O. The molecule has 3 nitrogen and oxygen atoms in total. The van der Waals surface area contributed by atoms with Crippen LogP contribution < -0.4 is 10.6 Å². The highest BCUT2D eigenvalue weighted by molar-refractivity contribution is 5.77. The number of amides is 1. The van der Waals surface area contributed by atoms with Crippen molar-refractivity contribution in [3.63, 3.8) is 0 Å². The molecule has 21 heavy (non-hydrogen) atoms. The van der Waals surface area contributed by atoms with Gasteiger partial charge in [-0.25, -0.2) is 0 Å². The molecule has 0 bridgehead atoms. The summed E-state index contributed by atoms with van der Waals surface area (Å²) in [5.41, 5.74) is 1.38. The fraction of sp³-hybridized carbons (Fsp3) is 0.611. The van der Waals surface area contributed by atoms with Crippen molar-refractivity contribution in [2.24, 2.45) is 0 Å². The van der Waals surface area contributed by atoms with E-state index in [1.165, 1.54) is 24.8 Å². The van der Waals surface area contributed by atoms with E-state index in [2.05, 4.69) is 34.9 Å². The average molecular weight is 288 g/mol. The van der Waals surface area contributed by atoms with Crippen molar-refractivity contribution in [1.29, 1.82) is 0 Å². The molecule has 1 aliphatic carbocycles. The van der Waals surface area contributed by atoms with Gasteiger partial charge in [-0.05, 0) is 38.3 Å². The molecule has 0 spiro atoms. The monoisotopic (exact) mass is 288 g/mol. The maximum Gasteiger partial charge on any atom is 0.221 e. The summed E-state index contributed by atoms with van der Waals surface area (Å²) < 4.78 is 0. The van der Waals surface area contributed by atoms with E-state index in [1.54, 1.807) is 0 Å². The minimum atomic E-state index is 0.0434. The fourth-order valence-corrected chi connectivity index (χ4v) is 3.28. The summed E-state index contributed by atoms with van der Waals surface area (Å²) in [5.74, 6) is 0.194. The van der Waals surface area contributed by atoms with E-state index >= 15 is 0 Å². The fourth-order valence-electron chi connectivity index (χ4n) is 3.28. The van der Waals surface area contributed by atoms with Gasteiger partial charge in [0, 0.05) is 18.5 Å². The second-order valence-electron chi connectivity index (χ2n) is 6.21. The number of hydrogen-bond donors (Lipinski definition) is 2. The van der Waals surface area contributed by atoms with Crippen molar-refractivity contribution in [1.82, 2.24) is 10.6 Å². The van der Waals surface area contributed by atoms with Crippen molar-refractivity contribution in [3.05, 3.63) is 35.9 Å². The largest absolute Gasteiger partial charge is 0.356 e. The standard InChI is InChI=1S/C18H28N2O/c1-19-18(12-6-3-7-13-18)15-17(21)20-14-8-11-16-9-4-2-5-10-16/h2,4-5,9-10,19H,3,6-8,11-15H2,1H3,(H,20,21). The van der Waals surface area contributed by atoms with Crippen molar-refractivity contribution >= 4 is 5.91 Å². The van der Waals surface area contributed by atoms with Gasteiger partial charge in [-0.15, -0.1) is 0 Å². The number of benzene rings is 1. The molecule has 1 aliphatic rings. The summed E-state index contributed by atoms with van der Waals surface area (Å²) in [4.78, 5) is 12.1. The van der Waals surface area contributed by atoms with E-state index in [1.807, 2.05) is 13.1 Å². The van der Waals surface area contributed by atoms with Gasteiger partial charge in [0.25, 0.3) is 0 Å². The van der Waals surface area contributed by atoms with Crippen LogP contribution in [0.5, 0.6) is 0 Å². The Morgan fingerprint density at radius 3 is 2.52 bits per heavy atom. The molecular weight excluding hydrogens is 260 g/mol. The van der Waals surface area contributed by atoms with Gasteiger partial charge in [-0.1, -0.05) is 49.6 Å². The predicted octanol–water partition coefficient (Wildman–Crippen LogP) is 3.05. The van der Waals surface area contributed by atoms with Gasteiger partial charge in [0.2, 0.25) is 5.91 Å². The molecule has 0 saturated heterocycles. The number of nitrogens with one attached hydrogen (secondary N) is 2. The topological polar surface area (TPSA) is 41.1 Å². The molecule has 1 fully saturated rings. The third-order valence-electron chi connectivity index (χ3n) is 4.65. The Kier molecular flexibility index (Phi) is 6.24. The summed E-state index contributed by atoms with van der Waals surface area (Å²) >= 11 is 0. The minimum Gasteiger partial charge on any atom is -0.356 e. The summed E-state index contributed by atoms with van der Waals surface area (Å²) in [6, 6.07) is 10.4. The molecule has 2 N–H and O–H groups in total. The lowest BCUT2D eigenvalue weighted by Crippen LogP contribution is -2.48. The molecule has 3 heteroatoms. The molecule has 2 rings (SSSR count). The van der Waals surface area contributed by atoms with E-state index in [0.29, 0.717) is 6.42 Å². The molecule has 0 atom stereocenters. The Bertz CT molecular complexity index is 424. The molecule has 0 aromatic heterocycles.